The second kappa shape index (κ2) is 5.10. The van der Waals surface area contributed by atoms with Crippen molar-refractivity contribution in [3.63, 3.8) is 0 Å². The molecule has 0 saturated carbocycles. The maximum Gasteiger partial charge on any atom is 0.0895 e. The third-order valence-corrected chi connectivity index (χ3v) is 2.00. The van der Waals surface area contributed by atoms with Gasteiger partial charge in [-0.1, -0.05) is 20.8 Å². The van der Waals surface area contributed by atoms with Gasteiger partial charge in [0.2, 0.25) is 0 Å². The highest BCUT2D eigenvalue weighted by Crippen LogP contribution is 2.26. The second-order valence-electron chi connectivity index (χ2n) is 5.84. The lowest BCUT2D eigenvalue weighted by atomic mass is 9.82. The van der Waals surface area contributed by atoms with Crippen LogP contribution in [0.1, 0.15) is 41.0 Å². The molecule has 14 heavy (non-hydrogen) atoms. The molecule has 0 aliphatic rings. The molecule has 0 spiro atoms. The van der Waals surface area contributed by atoms with Crippen LogP contribution in [-0.4, -0.2) is 35.0 Å². The Morgan fingerprint density at radius 2 is 1.64 bits per heavy atom. The number of β-amino-alcohol motifs (C(OH)–C–C–N with tert-alkyl or cyclic N) is 1. The maximum absolute atomic E-state index is 9.21. The summed E-state index contributed by atoms with van der Waals surface area (Å²) in [6.45, 7) is 11.1. The summed E-state index contributed by atoms with van der Waals surface area (Å²) in [5.74, 6) is 0. The van der Waals surface area contributed by atoms with Crippen molar-refractivity contribution in [3.05, 3.63) is 0 Å². The third-order valence-electron chi connectivity index (χ3n) is 2.00. The molecule has 1 atom stereocenters. The molecule has 0 rings (SSSR count). The van der Waals surface area contributed by atoms with Gasteiger partial charge in [0.1, 0.15) is 0 Å². The lowest BCUT2D eigenvalue weighted by Crippen LogP contribution is -2.46. The predicted octanol–water partition coefficient (Wildman–Crippen LogP) is 1.14. The van der Waals surface area contributed by atoms with E-state index in [9.17, 15) is 5.11 Å². The average Bonchev–Trinajstić information content (AvgIpc) is 1.96. The zero-order valence-corrected chi connectivity index (χ0v) is 10.1. The minimum Gasteiger partial charge on any atom is -0.394 e. The first-order chi connectivity index (χ1) is 6.16. The Balaban J connectivity index is 3.95. The third kappa shape index (κ3) is 7.30. The van der Waals surface area contributed by atoms with E-state index in [1.54, 1.807) is 0 Å². The highest BCUT2D eigenvalue weighted by molar-refractivity contribution is 4.83. The summed E-state index contributed by atoms with van der Waals surface area (Å²) in [6.07, 6.45) is 0.368. The molecular formula is C11H25NO2. The van der Waals surface area contributed by atoms with Crippen LogP contribution >= 0.6 is 0 Å². The Labute approximate surface area is 87.5 Å². The number of aliphatic hydroxyl groups is 2. The first kappa shape index (κ1) is 13.9. The van der Waals surface area contributed by atoms with Crippen LogP contribution in [0, 0.1) is 5.41 Å². The Hall–Kier alpha value is -0.120. The molecule has 0 heterocycles. The summed E-state index contributed by atoms with van der Waals surface area (Å²) in [4.78, 5) is 0. The fourth-order valence-electron chi connectivity index (χ4n) is 1.85. The molecule has 0 aromatic carbocycles. The summed E-state index contributed by atoms with van der Waals surface area (Å²) in [5.41, 5.74) is 0.259. The van der Waals surface area contributed by atoms with Crippen molar-refractivity contribution in [1.29, 1.82) is 0 Å². The fourth-order valence-corrected chi connectivity index (χ4v) is 1.85. The number of nitrogens with one attached hydrogen (secondary N) is 1. The van der Waals surface area contributed by atoms with Gasteiger partial charge in [-0.3, -0.25) is 0 Å². The highest BCUT2D eigenvalue weighted by atomic mass is 16.3. The van der Waals surface area contributed by atoms with E-state index in [2.05, 4.69) is 39.9 Å². The van der Waals surface area contributed by atoms with Crippen LogP contribution in [0.4, 0.5) is 0 Å². The van der Waals surface area contributed by atoms with Crippen molar-refractivity contribution in [2.24, 2.45) is 5.41 Å². The first-order valence-electron chi connectivity index (χ1n) is 5.20. The minimum absolute atomic E-state index is 0.00556. The largest absolute Gasteiger partial charge is 0.394 e. The molecular weight excluding hydrogens is 178 g/mol. The lowest BCUT2D eigenvalue weighted by molar-refractivity contribution is 0.0840. The molecule has 3 N–H and O–H groups in total. The molecule has 0 fully saturated rings. The molecule has 0 aliphatic carbocycles. The van der Waals surface area contributed by atoms with E-state index in [1.165, 1.54) is 0 Å². The quantitative estimate of drug-likeness (QED) is 0.628. The maximum atomic E-state index is 9.21. The van der Waals surface area contributed by atoms with E-state index in [-0.39, 0.29) is 17.6 Å². The normalized spacial score (nSPS) is 15.6. The van der Waals surface area contributed by atoms with E-state index >= 15 is 0 Å². The van der Waals surface area contributed by atoms with Gasteiger partial charge in [-0.25, -0.2) is 0 Å². The van der Waals surface area contributed by atoms with Gasteiger partial charge >= 0.3 is 0 Å². The monoisotopic (exact) mass is 203 g/mol. The molecule has 3 heteroatoms. The van der Waals surface area contributed by atoms with E-state index in [0.29, 0.717) is 6.54 Å². The first-order valence-corrected chi connectivity index (χ1v) is 5.20. The zero-order chi connectivity index (χ0) is 11.4. The van der Waals surface area contributed by atoms with Crippen LogP contribution in [0.15, 0.2) is 0 Å². The van der Waals surface area contributed by atoms with E-state index < -0.39 is 6.10 Å². The SMILES string of the molecule is CC(C)(C)CC(C)(C)NCC(O)CO. The van der Waals surface area contributed by atoms with Crippen LogP contribution in [0.2, 0.25) is 0 Å². The summed E-state index contributed by atoms with van der Waals surface area (Å²) in [5, 5.41) is 21.1. The van der Waals surface area contributed by atoms with E-state index in [1.807, 2.05) is 0 Å². The van der Waals surface area contributed by atoms with Crippen LogP contribution in [-0.2, 0) is 0 Å². The van der Waals surface area contributed by atoms with Crippen molar-refractivity contribution in [3.8, 4) is 0 Å². The Kier molecular flexibility index (Phi) is 5.06. The van der Waals surface area contributed by atoms with Gasteiger partial charge in [0.25, 0.3) is 0 Å². The lowest BCUT2D eigenvalue weighted by Gasteiger charge is -2.34. The number of aliphatic hydroxyl groups excluding tert-OH is 2. The van der Waals surface area contributed by atoms with Crippen LogP contribution in [0.3, 0.4) is 0 Å². The molecule has 0 aromatic heterocycles. The summed E-state index contributed by atoms with van der Waals surface area (Å²) in [6, 6.07) is 0. The molecule has 86 valence electrons. The predicted molar refractivity (Wildman–Crippen MR) is 59.2 cm³/mol. The molecule has 0 amide bonds. The van der Waals surface area contributed by atoms with Crippen molar-refractivity contribution in [2.75, 3.05) is 13.2 Å². The Bertz CT molecular complexity index is 161. The molecule has 0 saturated heterocycles. The van der Waals surface area contributed by atoms with Crippen molar-refractivity contribution < 1.29 is 10.2 Å². The number of hydrogen-bond donors (Lipinski definition) is 3. The van der Waals surface area contributed by atoms with Crippen LogP contribution < -0.4 is 5.32 Å². The second-order valence-corrected chi connectivity index (χ2v) is 5.84. The van der Waals surface area contributed by atoms with E-state index in [4.69, 9.17) is 5.11 Å². The van der Waals surface area contributed by atoms with E-state index in [0.717, 1.165) is 6.42 Å². The minimum atomic E-state index is -0.658. The van der Waals surface area contributed by atoms with Crippen molar-refractivity contribution in [2.45, 2.75) is 52.7 Å². The molecule has 3 nitrogen and oxygen atoms in total. The zero-order valence-electron chi connectivity index (χ0n) is 10.1. The number of hydrogen-bond acceptors (Lipinski definition) is 3. The van der Waals surface area contributed by atoms with Crippen LogP contribution in [0.25, 0.3) is 0 Å². The summed E-state index contributed by atoms with van der Waals surface area (Å²) >= 11 is 0. The van der Waals surface area contributed by atoms with Gasteiger partial charge in [-0.05, 0) is 25.7 Å². The molecule has 0 aliphatic heterocycles. The van der Waals surface area contributed by atoms with Gasteiger partial charge in [0.15, 0.2) is 0 Å². The van der Waals surface area contributed by atoms with Gasteiger partial charge in [0, 0.05) is 12.1 Å². The van der Waals surface area contributed by atoms with Crippen molar-refractivity contribution >= 4 is 0 Å². The summed E-state index contributed by atoms with van der Waals surface area (Å²) < 4.78 is 0. The standard InChI is InChI=1S/C11H25NO2/c1-10(2,3)8-11(4,5)12-6-9(14)7-13/h9,12-14H,6-8H2,1-5H3. The Morgan fingerprint density at radius 3 is 2.00 bits per heavy atom. The molecule has 0 aromatic rings. The molecule has 0 radical (unpaired) electrons. The fraction of sp³-hybridized carbons (Fsp3) is 1.00. The Morgan fingerprint density at radius 1 is 1.14 bits per heavy atom. The van der Waals surface area contributed by atoms with Gasteiger partial charge < -0.3 is 15.5 Å². The van der Waals surface area contributed by atoms with Gasteiger partial charge in [0.05, 0.1) is 12.7 Å². The summed E-state index contributed by atoms with van der Waals surface area (Å²) in [7, 11) is 0. The average molecular weight is 203 g/mol. The smallest absolute Gasteiger partial charge is 0.0895 e. The van der Waals surface area contributed by atoms with Gasteiger partial charge in [-0.15, -0.1) is 0 Å². The topological polar surface area (TPSA) is 52.5 Å². The van der Waals surface area contributed by atoms with Crippen molar-refractivity contribution in [1.82, 2.24) is 5.32 Å². The highest BCUT2D eigenvalue weighted by Gasteiger charge is 2.25. The van der Waals surface area contributed by atoms with Crippen LogP contribution in [0.5, 0.6) is 0 Å². The number of rotatable bonds is 5. The molecule has 0 bridgehead atoms. The van der Waals surface area contributed by atoms with Gasteiger partial charge in [-0.2, -0.15) is 0 Å². The molecule has 1 unspecified atom stereocenters.